The zero-order valence-electron chi connectivity index (χ0n) is 29.0. The zero-order chi connectivity index (χ0) is 35.3. The molecule has 0 saturated carbocycles. The van der Waals surface area contributed by atoms with Crippen LogP contribution in [0.15, 0.2) is 60.7 Å². The van der Waals surface area contributed by atoms with E-state index in [9.17, 15) is 28.8 Å². The van der Waals surface area contributed by atoms with Gasteiger partial charge < -0.3 is 20.3 Å². The fourth-order valence-electron chi connectivity index (χ4n) is 5.67. The number of carbonyl (C=O) groups excluding carboxylic acids is 6. The van der Waals surface area contributed by atoms with Crippen LogP contribution < -0.4 is 10.6 Å². The fourth-order valence-corrected chi connectivity index (χ4v) is 5.67. The van der Waals surface area contributed by atoms with Crippen LogP contribution in [0.5, 0.6) is 0 Å². The Morgan fingerprint density at radius 3 is 1.96 bits per heavy atom. The van der Waals surface area contributed by atoms with Gasteiger partial charge in [0, 0.05) is 37.3 Å². The van der Waals surface area contributed by atoms with E-state index in [-0.39, 0.29) is 49.9 Å². The Kier molecular flexibility index (Phi) is 14.5. The van der Waals surface area contributed by atoms with Gasteiger partial charge in [0.15, 0.2) is 5.78 Å². The van der Waals surface area contributed by atoms with Crippen molar-refractivity contribution in [3.63, 3.8) is 0 Å². The van der Waals surface area contributed by atoms with E-state index < -0.39 is 47.0 Å². The van der Waals surface area contributed by atoms with E-state index in [0.717, 1.165) is 24.0 Å². The molecule has 3 rings (SSSR count). The average molecular weight is 662 g/mol. The normalized spacial score (nSPS) is 14.9. The molecular weight excluding hydrogens is 610 g/mol. The predicted molar refractivity (Wildman–Crippen MR) is 183 cm³/mol. The number of benzene rings is 2. The van der Waals surface area contributed by atoms with Crippen LogP contribution in [-0.2, 0) is 41.7 Å². The summed E-state index contributed by atoms with van der Waals surface area (Å²) in [4.78, 5) is 81.6. The van der Waals surface area contributed by atoms with Gasteiger partial charge in [-0.05, 0) is 49.1 Å². The molecule has 0 bridgehead atoms. The number of hydrogen-bond donors (Lipinski definition) is 2. The number of alkyl carbamates (subject to hydrolysis) is 1. The Labute approximate surface area is 284 Å². The van der Waals surface area contributed by atoms with Crippen molar-refractivity contribution in [1.29, 1.82) is 0 Å². The maximum Gasteiger partial charge on any atom is 0.408 e. The van der Waals surface area contributed by atoms with Crippen LogP contribution in [0.2, 0.25) is 0 Å². The van der Waals surface area contributed by atoms with Gasteiger partial charge in [0.2, 0.25) is 23.4 Å². The molecule has 2 aromatic rings. The largest absolute Gasteiger partial charge is 0.445 e. The summed E-state index contributed by atoms with van der Waals surface area (Å²) in [5, 5.41) is 5.45. The highest BCUT2D eigenvalue weighted by molar-refractivity contribution is 6.41. The molecule has 0 unspecified atom stereocenters. The third kappa shape index (κ3) is 12.4. The molecule has 1 aliphatic rings. The summed E-state index contributed by atoms with van der Waals surface area (Å²) in [6.45, 7) is 10.1. The van der Waals surface area contributed by atoms with Crippen molar-refractivity contribution >= 4 is 35.3 Å². The Morgan fingerprint density at radius 1 is 0.812 bits per heavy atom. The van der Waals surface area contributed by atoms with Crippen LogP contribution in [0.3, 0.4) is 0 Å². The standard InChI is InChI=1S/C38H51N3O7/c1-26(2)22-31(40-37(47)48-25-28-16-10-7-11-17-28)32(42)24-29(23-27-14-8-6-9-15-27)36(46)39-30(34(44)35(45)38(3,4)5)18-19-33(43)41-20-12-13-21-41/h6-11,14-17,26,29-31H,12-13,18-25H2,1-5H3,(H,39,46)(H,40,47)/t29-,30+,31+/m1/s1. The molecule has 0 aromatic heterocycles. The van der Waals surface area contributed by atoms with Crippen molar-refractivity contribution in [2.45, 2.75) is 98.3 Å². The van der Waals surface area contributed by atoms with E-state index >= 15 is 0 Å². The summed E-state index contributed by atoms with van der Waals surface area (Å²) in [6.07, 6.45) is 1.36. The minimum Gasteiger partial charge on any atom is -0.445 e. The molecule has 1 fully saturated rings. The molecule has 0 aliphatic carbocycles. The van der Waals surface area contributed by atoms with E-state index in [1.165, 1.54) is 0 Å². The van der Waals surface area contributed by atoms with Crippen LogP contribution in [0.4, 0.5) is 4.79 Å². The first-order valence-electron chi connectivity index (χ1n) is 16.9. The lowest BCUT2D eigenvalue weighted by Gasteiger charge is -2.26. The fraction of sp³-hybridized carbons (Fsp3) is 0.526. The average Bonchev–Trinajstić information content (AvgIpc) is 3.60. The van der Waals surface area contributed by atoms with Gasteiger partial charge in [-0.25, -0.2) is 4.79 Å². The number of carbonyl (C=O) groups is 6. The Balaban J connectivity index is 1.80. The number of likely N-dealkylation sites (tertiary alicyclic amines) is 1. The van der Waals surface area contributed by atoms with E-state index in [0.29, 0.717) is 19.5 Å². The predicted octanol–water partition coefficient (Wildman–Crippen LogP) is 5.22. The third-order valence-corrected chi connectivity index (χ3v) is 8.39. The maximum absolute atomic E-state index is 14.0. The quantitative estimate of drug-likeness (QED) is 0.222. The molecule has 0 spiro atoms. The van der Waals surface area contributed by atoms with Crippen LogP contribution in [0.25, 0.3) is 0 Å². The molecule has 1 saturated heterocycles. The molecule has 2 aromatic carbocycles. The van der Waals surface area contributed by atoms with Gasteiger partial charge in [-0.2, -0.15) is 0 Å². The molecule has 1 aliphatic heterocycles. The summed E-state index contributed by atoms with van der Waals surface area (Å²) in [5.74, 6) is -3.33. The van der Waals surface area contributed by atoms with Crippen LogP contribution in [-0.4, -0.2) is 65.3 Å². The number of hydrogen-bond acceptors (Lipinski definition) is 7. The summed E-state index contributed by atoms with van der Waals surface area (Å²) in [6, 6.07) is 16.2. The lowest BCUT2D eigenvalue weighted by molar-refractivity contribution is -0.144. The lowest BCUT2D eigenvalue weighted by atomic mass is 9.84. The first-order chi connectivity index (χ1) is 22.7. The van der Waals surface area contributed by atoms with E-state index in [4.69, 9.17) is 4.74 Å². The molecular formula is C38H51N3O7. The molecule has 10 nitrogen and oxygen atoms in total. The summed E-state index contributed by atoms with van der Waals surface area (Å²) < 4.78 is 5.37. The highest BCUT2D eigenvalue weighted by Gasteiger charge is 2.37. The van der Waals surface area contributed by atoms with Crippen molar-refractivity contribution in [3.05, 3.63) is 71.8 Å². The van der Waals surface area contributed by atoms with Gasteiger partial charge in [0.1, 0.15) is 6.61 Å². The Morgan fingerprint density at radius 2 is 1.40 bits per heavy atom. The van der Waals surface area contributed by atoms with E-state index in [2.05, 4.69) is 10.6 Å². The zero-order valence-corrected chi connectivity index (χ0v) is 29.0. The number of rotatable bonds is 17. The number of nitrogens with zero attached hydrogens (tertiary/aromatic N) is 1. The maximum atomic E-state index is 14.0. The molecule has 1 heterocycles. The number of Topliss-reactive ketones (excluding diaryl/α,β-unsaturated/α-hetero) is 3. The molecule has 2 N–H and O–H groups in total. The number of nitrogens with one attached hydrogen (secondary N) is 2. The molecule has 3 atom stereocenters. The topological polar surface area (TPSA) is 139 Å². The van der Waals surface area contributed by atoms with E-state index in [1.54, 1.807) is 25.7 Å². The molecule has 0 radical (unpaired) electrons. The van der Waals surface area contributed by atoms with Gasteiger partial charge >= 0.3 is 6.09 Å². The van der Waals surface area contributed by atoms with Crippen LogP contribution in [0.1, 0.15) is 84.3 Å². The second kappa shape index (κ2) is 18.3. The first-order valence-corrected chi connectivity index (χ1v) is 16.9. The minimum absolute atomic E-state index is 0.00185. The van der Waals surface area contributed by atoms with Gasteiger partial charge in [-0.3, -0.25) is 24.0 Å². The Hall–Kier alpha value is -4.34. The third-order valence-electron chi connectivity index (χ3n) is 8.39. The molecule has 10 heteroatoms. The highest BCUT2D eigenvalue weighted by Crippen LogP contribution is 2.21. The van der Waals surface area contributed by atoms with Crippen LogP contribution >= 0.6 is 0 Å². The monoisotopic (exact) mass is 661 g/mol. The summed E-state index contributed by atoms with van der Waals surface area (Å²) >= 11 is 0. The van der Waals surface area contributed by atoms with Crippen molar-refractivity contribution in [2.75, 3.05) is 13.1 Å². The van der Waals surface area contributed by atoms with Gasteiger partial charge in [0.05, 0.1) is 12.1 Å². The van der Waals surface area contributed by atoms with E-state index in [1.807, 2.05) is 74.5 Å². The number of ketones is 3. The molecule has 48 heavy (non-hydrogen) atoms. The van der Waals surface area contributed by atoms with Gasteiger partial charge in [0.25, 0.3) is 0 Å². The minimum atomic E-state index is -1.22. The highest BCUT2D eigenvalue weighted by atomic mass is 16.5. The van der Waals surface area contributed by atoms with Crippen molar-refractivity contribution in [3.8, 4) is 0 Å². The second-order valence-corrected chi connectivity index (χ2v) is 14.1. The Bertz CT molecular complexity index is 1400. The smallest absolute Gasteiger partial charge is 0.408 e. The first kappa shape index (κ1) is 38.1. The SMILES string of the molecule is CC(C)C[C@H](NC(=O)OCc1ccccc1)C(=O)C[C@@H](Cc1ccccc1)C(=O)N[C@@H](CCC(=O)N1CCCC1)C(=O)C(=O)C(C)(C)C. The van der Waals surface area contributed by atoms with Crippen molar-refractivity contribution in [2.24, 2.45) is 17.3 Å². The van der Waals surface area contributed by atoms with Crippen molar-refractivity contribution in [1.82, 2.24) is 15.5 Å². The van der Waals surface area contributed by atoms with Gasteiger partial charge in [-0.15, -0.1) is 0 Å². The number of ether oxygens (including phenoxy) is 1. The molecule has 260 valence electrons. The number of amides is 3. The summed E-state index contributed by atoms with van der Waals surface area (Å²) in [7, 11) is 0. The van der Waals surface area contributed by atoms with Gasteiger partial charge in [-0.1, -0.05) is 95.3 Å². The molecule has 3 amide bonds. The van der Waals surface area contributed by atoms with Crippen LogP contribution in [0, 0.1) is 17.3 Å². The second-order valence-electron chi connectivity index (χ2n) is 14.1. The summed E-state index contributed by atoms with van der Waals surface area (Å²) in [5.41, 5.74) is 0.623. The van der Waals surface area contributed by atoms with Crippen molar-refractivity contribution < 1.29 is 33.5 Å². The lowest BCUT2D eigenvalue weighted by Crippen LogP contribution is -2.50.